The number of carbonyl (C=O) groups excluding carboxylic acids is 1. The van der Waals surface area contributed by atoms with Gasteiger partial charge < -0.3 is 4.90 Å². The monoisotopic (exact) mass is 286 g/mol. The molecule has 0 bridgehead atoms. The molecule has 102 valence electrons. The zero-order chi connectivity index (χ0) is 13.9. The smallest absolute Gasteiger partial charge is 0.255 e. The van der Waals surface area contributed by atoms with Crippen LogP contribution in [0.3, 0.4) is 0 Å². The summed E-state index contributed by atoms with van der Waals surface area (Å²) in [4.78, 5) is 18.3. The van der Waals surface area contributed by atoms with E-state index in [2.05, 4.69) is 29.2 Å². The lowest BCUT2D eigenvalue weighted by Crippen LogP contribution is -2.33. The summed E-state index contributed by atoms with van der Waals surface area (Å²) in [6.07, 6.45) is 4.91. The van der Waals surface area contributed by atoms with Crippen molar-refractivity contribution in [3.8, 4) is 0 Å². The van der Waals surface area contributed by atoms with E-state index in [1.807, 2.05) is 4.90 Å². The fourth-order valence-electron chi connectivity index (χ4n) is 2.59. The Morgan fingerprint density at radius 1 is 1.10 bits per heavy atom. The number of hydrogen-bond acceptors (Lipinski definition) is 2. The van der Waals surface area contributed by atoms with Crippen molar-refractivity contribution in [2.75, 3.05) is 13.1 Å². The molecule has 2 heterocycles. The van der Waals surface area contributed by atoms with Gasteiger partial charge >= 0.3 is 0 Å². The Labute approximate surface area is 123 Å². The number of aromatic nitrogens is 1. The van der Waals surface area contributed by atoms with E-state index in [1.54, 1.807) is 12.3 Å². The van der Waals surface area contributed by atoms with Crippen molar-refractivity contribution in [2.45, 2.75) is 12.8 Å². The second-order valence-electron chi connectivity index (χ2n) is 4.92. The summed E-state index contributed by atoms with van der Waals surface area (Å²) >= 11 is 6.06. The highest BCUT2D eigenvalue weighted by Crippen LogP contribution is 2.20. The van der Waals surface area contributed by atoms with Crippen molar-refractivity contribution in [3.63, 3.8) is 0 Å². The number of carbonyl (C=O) groups is 1. The van der Waals surface area contributed by atoms with Gasteiger partial charge in [0.05, 0.1) is 10.6 Å². The molecule has 0 fully saturated rings. The van der Waals surface area contributed by atoms with E-state index in [9.17, 15) is 4.79 Å². The second-order valence-corrected chi connectivity index (χ2v) is 5.32. The van der Waals surface area contributed by atoms with Crippen LogP contribution in [0.4, 0.5) is 0 Å². The standard InChI is InChI=1S/C16H15ClN2O/c17-15-11-18-8-5-14(15)16(20)19-9-6-12-3-1-2-4-13(12)7-10-19/h1-5,8,11H,6-7,9-10H2. The Hall–Kier alpha value is -1.87. The van der Waals surface area contributed by atoms with E-state index in [-0.39, 0.29) is 5.91 Å². The summed E-state index contributed by atoms with van der Waals surface area (Å²) in [6.45, 7) is 1.46. The van der Waals surface area contributed by atoms with Crippen LogP contribution >= 0.6 is 11.6 Å². The van der Waals surface area contributed by atoms with Crippen molar-refractivity contribution in [3.05, 3.63) is 64.4 Å². The Bertz CT molecular complexity index is 615. The molecule has 3 rings (SSSR count). The van der Waals surface area contributed by atoms with Gasteiger partial charge in [-0.1, -0.05) is 35.9 Å². The maximum Gasteiger partial charge on any atom is 0.255 e. The van der Waals surface area contributed by atoms with Gasteiger partial charge in [0.1, 0.15) is 0 Å². The third-order valence-corrected chi connectivity index (χ3v) is 4.01. The number of pyridine rings is 1. The first-order valence-electron chi connectivity index (χ1n) is 6.71. The minimum Gasteiger partial charge on any atom is -0.338 e. The lowest BCUT2D eigenvalue weighted by molar-refractivity contribution is 0.0763. The van der Waals surface area contributed by atoms with Gasteiger partial charge in [0, 0.05) is 25.5 Å². The molecule has 0 aliphatic carbocycles. The van der Waals surface area contributed by atoms with Crippen LogP contribution in [-0.2, 0) is 12.8 Å². The Balaban J connectivity index is 1.80. The van der Waals surface area contributed by atoms with Crippen LogP contribution in [0.15, 0.2) is 42.7 Å². The molecule has 0 atom stereocenters. The van der Waals surface area contributed by atoms with Crippen molar-refractivity contribution in [1.29, 1.82) is 0 Å². The molecular weight excluding hydrogens is 272 g/mol. The number of fused-ring (bicyclic) bond motifs is 1. The summed E-state index contributed by atoms with van der Waals surface area (Å²) in [6, 6.07) is 10.1. The van der Waals surface area contributed by atoms with Crippen LogP contribution in [0.2, 0.25) is 5.02 Å². The van der Waals surface area contributed by atoms with Gasteiger partial charge in [0.15, 0.2) is 0 Å². The van der Waals surface area contributed by atoms with Crippen LogP contribution in [0.5, 0.6) is 0 Å². The largest absolute Gasteiger partial charge is 0.338 e. The highest BCUT2D eigenvalue weighted by Gasteiger charge is 2.21. The molecule has 20 heavy (non-hydrogen) atoms. The predicted octanol–water partition coefficient (Wildman–Crippen LogP) is 2.98. The van der Waals surface area contributed by atoms with Gasteiger partial charge in [0.2, 0.25) is 0 Å². The predicted molar refractivity (Wildman–Crippen MR) is 79.0 cm³/mol. The molecule has 0 unspecified atom stereocenters. The molecule has 0 N–H and O–H groups in total. The van der Waals surface area contributed by atoms with Crippen molar-refractivity contribution in [2.24, 2.45) is 0 Å². The molecule has 1 aliphatic heterocycles. The summed E-state index contributed by atoms with van der Waals surface area (Å²) in [5.41, 5.74) is 3.21. The molecule has 1 amide bonds. The second kappa shape index (κ2) is 5.63. The molecular formula is C16H15ClN2O. The van der Waals surface area contributed by atoms with E-state index in [4.69, 9.17) is 11.6 Å². The number of rotatable bonds is 1. The fraction of sp³-hybridized carbons (Fsp3) is 0.250. The normalized spacial score (nSPS) is 14.6. The highest BCUT2D eigenvalue weighted by atomic mass is 35.5. The fourth-order valence-corrected chi connectivity index (χ4v) is 2.79. The van der Waals surface area contributed by atoms with E-state index < -0.39 is 0 Å². The molecule has 1 aromatic heterocycles. The number of nitrogens with zero attached hydrogens (tertiary/aromatic N) is 2. The van der Waals surface area contributed by atoms with Gasteiger partial charge in [-0.15, -0.1) is 0 Å². The van der Waals surface area contributed by atoms with E-state index in [0.717, 1.165) is 25.9 Å². The first-order chi connectivity index (χ1) is 9.75. The number of benzene rings is 1. The maximum atomic E-state index is 12.5. The summed E-state index contributed by atoms with van der Waals surface area (Å²) in [7, 11) is 0. The molecule has 4 heteroatoms. The van der Waals surface area contributed by atoms with E-state index in [0.29, 0.717) is 10.6 Å². The molecule has 0 saturated carbocycles. The average molecular weight is 287 g/mol. The van der Waals surface area contributed by atoms with Gasteiger partial charge in [-0.3, -0.25) is 9.78 Å². The first-order valence-corrected chi connectivity index (χ1v) is 7.09. The molecule has 0 saturated heterocycles. The molecule has 0 spiro atoms. The SMILES string of the molecule is O=C(c1ccncc1Cl)N1CCc2ccccc2CC1. The van der Waals surface area contributed by atoms with Crippen LogP contribution in [-0.4, -0.2) is 28.9 Å². The minimum atomic E-state index is -0.00907. The van der Waals surface area contributed by atoms with Crippen LogP contribution < -0.4 is 0 Å². The number of amides is 1. The molecule has 3 nitrogen and oxygen atoms in total. The molecule has 1 aliphatic rings. The molecule has 0 radical (unpaired) electrons. The van der Waals surface area contributed by atoms with Crippen molar-refractivity contribution in [1.82, 2.24) is 9.88 Å². The van der Waals surface area contributed by atoms with Gasteiger partial charge in [-0.2, -0.15) is 0 Å². The van der Waals surface area contributed by atoms with Gasteiger partial charge in [0.25, 0.3) is 5.91 Å². The number of halogens is 1. The van der Waals surface area contributed by atoms with E-state index in [1.165, 1.54) is 17.3 Å². The average Bonchev–Trinajstić information content (AvgIpc) is 2.70. The lowest BCUT2D eigenvalue weighted by atomic mass is 10.0. The lowest BCUT2D eigenvalue weighted by Gasteiger charge is -2.20. The maximum absolute atomic E-state index is 12.5. The topological polar surface area (TPSA) is 33.2 Å². The zero-order valence-corrected chi connectivity index (χ0v) is 11.8. The Morgan fingerprint density at radius 2 is 1.75 bits per heavy atom. The van der Waals surface area contributed by atoms with Crippen molar-refractivity contribution < 1.29 is 4.79 Å². The molecule has 2 aromatic rings. The van der Waals surface area contributed by atoms with Gasteiger partial charge in [-0.05, 0) is 30.0 Å². The summed E-state index contributed by atoms with van der Waals surface area (Å²) in [5.74, 6) is -0.00907. The molecule has 1 aromatic carbocycles. The van der Waals surface area contributed by atoms with Crippen molar-refractivity contribution >= 4 is 17.5 Å². The van der Waals surface area contributed by atoms with Crippen LogP contribution in [0.25, 0.3) is 0 Å². The van der Waals surface area contributed by atoms with Gasteiger partial charge in [-0.25, -0.2) is 0 Å². The third-order valence-electron chi connectivity index (χ3n) is 3.71. The summed E-state index contributed by atoms with van der Waals surface area (Å²) in [5, 5.41) is 0.416. The number of hydrogen-bond donors (Lipinski definition) is 0. The highest BCUT2D eigenvalue weighted by molar-refractivity contribution is 6.33. The summed E-state index contributed by atoms with van der Waals surface area (Å²) < 4.78 is 0. The Kier molecular flexibility index (Phi) is 3.70. The first kappa shape index (κ1) is 13.1. The van der Waals surface area contributed by atoms with E-state index >= 15 is 0 Å². The third kappa shape index (κ3) is 2.54. The quantitative estimate of drug-likeness (QED) is 0.807. The Morgan fingerprint density at radius 3 is 2.35 bits per heavy atom. The minimum absolute atomic E-state index is 0.00907. The van der Waals surface area contributed by atoms with Crippen LogP contribution in [0.1, 0.15) is 21.5 Å². The zero-order valence-electron chi connectivity index (χ0n) is 11.1. The van der Waals surface area contributed by atoms with Crippen LogP contribution in [0, 0.1) is 0 Å².